The number of hydrogen-bond acceptors (Lipinski definition) is 12. The van der Waals surface area contributed by atoms with Gasteiger partial charge in [-0.1, -0.05) is 0 Å². The number of nitrogen functional groups attached to an aromatic ring is 1. The molecule has 0 saturated carbocycles. The molecule has 0 aromatic carbocycles. The minimum Gasteiger partial charge on any atom is -0.756 e. The van der Waals surface area contributed by atoms with Crippen LogP contribution in [0.4, 0.5) is 17.3 Å². The van der Waals surface area contributed by atoms with Gasteiger partial charge in [0.2, 0.25) is 11.6 Å². The average molecular weight is 366 g/mol. The fraction of sp³-hybridized carbons (Fsp3) is 0.556. The van der Waals surface area contributed by atoms with Gasteiger partial charge in [0.15, 0.2) is 6.23 Å². The number of phosphoric ester groups is 1. The second-order valence-electron chi connectivity index (χ2n) is 4.70. The van der Waals surface area contributed by atoms with E-state index in [0.29, 0.717) is 0 Å². The van der Waals surface area contributed by atoms with Crippen LogP contribution in [0, 0.1) is 10.1 Å². The third kappa shape index (κ3) is 4.12. The Bertz CT molecular complexity index is 669. The Labute approximate surface area is 133 Å². The summed E-state index contributed by atoms with van der Waals surface area (Å²) in [5, 5.41) is 33.0. The van der Waals surface area contributed by atoms with Crippen LogP contribution in [0.5, 0.6) is 0 Å². The lowest BCUT2D eigenvalue weighted by Gasteiger charge is -2.20. The lowest BCUT2D eigenvalue weighted by atomic mass is 10.1. The van der Waals surface area contributed by atoms with Crippen LogP contribution < -0.4 is 15.9 Å². The molecule has 1 aromatic rings. The molecule has 1 saturated heterocycles. The number of ether oxygens (including phenoxy) is 1. The normalized spacial score (nSPS) is 29.2. The lowest BCUT2D eigenvalue weighted by molar-refractivity contribution is -0.383. The first-order valence-corrected chi connectivity index (χ1v) is 7.81. The molecular formula is C9H13N5O9P-. The Balaban J connectivity index is 2.13. The van der Waals surface area contributed by atoms with E-state index in [9.17, 15) is 29.8 Å². The van der Waals surface area contributed by atoms with Crippen LogP contribution in [0.25, 0.3) is 0 Å². The third-order valence-electron chi connectivity index (χ3n) is 3.08. The van der Waals surface area contributed by atoms with Gasteiger partial charge in [0.1, 0.15) is 24.6 Å². The van der Waals surface area contributed by atoms with Crippen molar-refractivity contribution in [3.8, 4) is 0 Å². The molecule has 5 atom stereocenters. The van der Waals surface area contributed by atoms with E-state index in [0.717, 1.165) is 6.33 Å². The Morgan fingerprint density at radius 2 is 2.12 bits per heavy atom. The standard InChI is InChI=1S/C9H14N5O9P/c10-7-4(14(17)18)8(12-2-11-7)13-9-6(16)5(15)3(23-9)1-22-24(19,20)21/h2-3,5-6,9,15-16H,1H2,(H2,19,20,21)(H3,10,11,12,13)/p-1/t3-,5-,6-,9-/m1/s1. The maximum Gasteiger partial charge on any atom is 0.353 e. The Kier molecular flexibility index (Phi) is 5.29. The number of nitrogens with two attached hydrogens (primary N) is 1. The van der Waals surface area contributed by atoms with Crippen molar-refractivity contribution >= 4 is 25.1 Å². The number of aliphatic hydroxyl groups is 2. The van der Waals surface area contributed by atoms with Gasteiger partial charge in [-0.3, -0.25) is 14.7 Å². The van der Waals surface area contributed by atoms with Gasteiger partial charge < -0.3 is 40.3 Å². The predicted octanol–water partition coefficient (Wildman–Crippen LogP) is -2.70. The van der Waals surface area contributed by atoms with Crippen LogP contribution in [-0.4, -0.2) is 61.1 Å². The summed E-state index contributed by atoms with van der Waals surface area (Å²) in [7, 11) is -5.05. The molecule has 1 aliphatic heterocycles. The Morgan fingerprint density at radius 3 is 2.71 bits per heavy atom. The second kappa shape index (κ2) is 6.90. The number of aliphatic hydroxyl groups excluding tert-OH is 2. The molecule has 2 rings (SSSR count). The van der Waals surface area contributed by atoms with Gasteiger partial charge in [0, 0.05) is 0 Å². The van der Waals surface area contributed by atoms with Gasteiger partial charge in [-0.25, -0.2) is 9.97 Å². The van der Waals surface area contributed by atoms with Crippen LogP contribution >= 0.6 is 7.82 Å². The highest BCUT2D eigenvalue weighted by atomic mass is 31.2. The number of aromatic nitrogens is 2. The van der Waals surface area contributed by atoms with E-state index in [1.165, 1.54) is 0 Å². The van der Waals surface area contributed by atoms with Gasteiger partial charge in [0.25, 0.3) is 7.82 Å². The van der Waals surface area contributed by atoms with Crippen molar-refractivity contribution in [2.75, 3.05) is 17.7 Å². The maximum absolute atomic E-state index is 11.0. The van der Waals surface area contributed by atoms with Crippen LogP contribution in [0.3, 0.4) is 0 Å². The van der Waals surface area contributed by atoms with Crippen molar-refractivity contribution in [1.29, 1.82) is 0 Å². The van der Waals surface area contributed by atoms with Crippen LogP contribution in [0.2, 0.25) is 0 Å². The minimum absolute atomic E-state index is 0.373. The molecule has 15 heteroatoms. The predicted molar refractivity (Wildman–Crippen MR) is 73.2 cm³/mol. The Hall–Kier alpha value is -1.93. The summed E-state index contributed by atoms with van der Waals surface area (Å²) < 4.78 is 19.8. The Morgan fingerprint density at radius 1 is 1.46 bits per heavy atom. The fourth-order valence-corrected chi connectivity index (χ4v) is 2.32. The van der Waals surface area contributed by atoms with Crippen molar-refractivity contribution in [3.05, 3.63) is 16.4 Å². The van der Waals surface area contributed by atoms with Crippen molar-refractivity contribution in [2.45, 2.75) is 24.5 Å². The molecule has 1 aliphatic rings. The quantitative estimate of drug-likeness (QED) is 0.196. The first-order valence-electron chi connectivity index (χ1n) is 6.31. The number of phosphoric acid groups is 1. The molecule has 24 heavy (non-hydrogen) atoms. The number of nitrogens with one attached hydrogen (secondary N) is 1. The van der Waals surface area contributed by atoms with Crippen molar-refractivity contribution in [1.82, 2.24) is 9.97 Å². The van der Waals surface area contributed by atoms with Gasteiger partial charge >= 0.3 is 5.69 Å². The van der Waals surface area contributed by atoms with Crippen LogP contribution in [0.1, 0.15) is 0 Å². The molecule has 14 nitrogen and oxygen atoms in total. The van der Waals surface area contributed by atoms with Crippen LogP contribution in [-0.2, 0) is 13.8 Å². The van der Waals surface area contributed by atoms with E-state index in [4.69, 9.17) is 15.4 Å². The number of nitro groups is 1. The number of rotatable bonds is 6. The van der Waals surface area contributed by atoms with Crippen LogP contribution in [0.15, 0.2) is 6.33 Å². The zero-order chi connectivity index (χ0) is 18.1. The average Bonchev–Trinajstić information content (AvgIpc) is 2.72. The highest BCUT2D eigenvalue weighted by Gasteiger charge is 2.44. The molecule has 0 spiro atoms. The molecule has 0 aliphatic carbocycles. The topological polar surface area (TPSA) is 226 Å². The molecule has 0 amide bonds. The van der Waals surface area contributed by atoms with E-state index in [-0.39, 0.29) is 5.82 Å². The molecule has 134 valence electrons. The molecule has 0 radical (unpaired) electrons. The maximum atomic E-state index is 11.0. The molecule has 1 unspecified atom stereocenters. The summed E-state index contributed by atoms with van der Waals surface area (Å²) in [6.45, 7) is -0.776. The molecule has 1 aromatic heterocycles. The highest BCUT2D eigenvalue weighted by molar-refractivity contribution is 7.44. The molecule has 1 fully saturated rings. The second-order valence-corrected chi connectivity index (χ2v) is 5.89. The summed E-state index contributed by atoms with van der Waals surface area (Å²) >= 11 is 0. The summed E-state index contributed by atoms with van der Waals surface area (Å²) in [6.07, 6.45) is -4.97. The van der Waals surface area contributed by atoms with Gasteiger partial charge in [0.05, 0.1) is 11.5 Å². The van der Waals surface area contributed by atoms with E-state index in [1.54, 1.807) is 0 Å². The number of hydrogen-bond donors (Lipinski definition) is 5. The van der Waals surface area contributed by atoms with Crippen molar-refractivity contribution in [2.24, 2.45) is 0 Å². The number of nitrogens with zero attached hydrogens (tertiary/aromatic N) is 3. The van der Waals surface area contributed by atoms with Gasteiger partial charge in [-0.2, -0.15) is 0 Å². The fourth-order valence-electron chi connectivity index (χ4n) is 1.99. The minimum atomic E-state index is -5.05. The highest BCUT2D eigenvalue weighted by Crippen LogP contribution is 2.34. The van der Waals surface area contributed by atoms with E-state index < -0.39 is 55.4 Å². The monoisotopic (exact) mass is 366 g/mol. The van der Waals surface area contributed by atoms with Crippen molar-refractivity contribution in [3.63, 3.8) is 0 Å². The summed E-state index contributed by atoms with van der Waals surface area (Å²) in [6, 6.07) is 0. The SMILES string of the molecule is Nc1ncnc(N[C@@H]2O[C@H](COP(=O)([O-])O)[C@@H](O)[C@H]2O)c1[N+](=O)[O-]. The molecule has 0 bridgehead atoms. The summed E-state index contributed by atoms with van der Waals surface area (Å²) in [5.74, 6) is -0.806. The first kappa shape index (κ1) is 18.4. The van der Waals surface area contributed by atoms with E-state index in [2.05, 4.69) is 19.8 Å². The zero-order valence-electron chi connectivity index (χ0n) is 11.8. The van der Waals surface area contributed by atoms with Crippen molar-refractivity contribution < 1.29 is 38.7 Å². The lowest BCUT2D eigenvalue weighted by Crippen LogP contribution is -2.37. The van der Waals surface area contributed by atoms with Gasteiger partial charge in [-0.05, 0) is 0 Å². The van der Waals surface area contributed by atoms with E-state index >= 15 is 0 Å². The van der Waals surface area contributed by atoms with E-state index in [1.807, 2.05) is 0 Å². The third-order valence-corrected chi connectivity index (χ3v) is 3.55. The zero-order valence-corrected chi connectivity index (χ0v) is 12.6. The molecule has 2 heterocycles. The smallest absolute Gasteiger partial charge is 0.353 e. The largest absolute Gasteiger partial charge is 0.756 e. The van der Waals surface area contributed by atoms with Gasteiger partial charge in [-0.15, -0.1) is 0 Å². The number of anilines is 2. The first-order chi connectivity index (χ1) is 11.1. The molecule has 6 N–H and O–H groups in total. The summed E-state index contributed by atoms with van der Waals surface area (Å²) in [4.78, 5) is 36.3. The summed E-state index contributed by atoms with van der Waals surface area (Å²) in [5.41, 5.74) is 4.72. The molecular weight excluding hydrogens is 353 g/mol.